The van der Waals surface area contributed by atoms with Crippen molar-refractivity contribution in [2.45, 2.75) is 19.7 Å². The number of para-hydroxylation sites is 3. The van der Waals surface area contributed by atoms with Crippen LogP contribution in [0.15, 0.2) is 107 Å². The van der Waals surface area contributed by atoms with Crippen molar-refractivity contribution in [3.63, 3.8) is 0 Å². The molecule has 0 aliphatic carbocycles. The van der Waals surface area contributed by atoms with Crippen LogP contribution in [-0.4, -0.2) is 27.8 Å². The lowest BCUT2D eigenvalue weighted by Crippen LogP contribution is -2.41. The molecule has 0 N–H and O–H groups in total. The Morgan fingerprint density at radius 3 is 2.20 bits per heavy atom. The third kappa shape index (κ3) is 5.96. The van der Waals surface area contributed by atoms with Gasteiger partial charge in [-0.25, -0.2) is 4.79 Å². The molecule has 1 heterocycles. The number of nitrogens with zero attached hydrogens (tertiary/aromatic N) is 3. The topological polar surface area (TPSA) is 115 Å². The van der Waals surface area contributed by atoms with Gasteiger partial charge in [0.05, 0.1) is 30.5 Å². The van der Waals surface area contributed by atoms with Crippen LogP contribution in [0.5, 0.6) is 17.2 Å². The van der Waals surface area contributed by atoms with Crippen LogP contribution >= 0.6 is 0 Å². The molecule has 0 atom stereocenters. The minimum atomic E-state index is -0.555. The van der Waals surface area contributed by atoms with Crippen LogP contribution in [0.2, 0.25) is 0 Å². The fourth-order valence-electron chi connectivity index (χ4n) is 4.54. The molecule has 0 aliphatic heterocycles. The van der Waals surface area contributed by atoms with E-state index in [1.807, 2.05) is 30.3 Å². The number of rotatable bonds is 11. The van der Waals surface area contributed by atoms with Crippen LogP contribution in [0, 0.1) is 10.1 Å². The molecule has 5 rings (SSSR count). The quantitative estimate of drug-likeness (QED) is 0.171. The molecule has 0 radical (unpaired) electrons. The molecule has 41 heavy (non-hydrogen) atoms. The molecule has 1 aromatic heterocycles. The Morgan fingerprint density at radius 1 is 0.756 bits per heavy atom. The summed E-state index contributed by atoms with van der Waals surface area (Å²) in [7, 11) is 1.56. The van der Waals surface area contributed by atoms with Gasteiger partial charge in [-0.3, -0.25) is 24.0 Å². The second kappa shape index (κ2) is 12.2. The minimum absolute atomic E-state index is 0.00991. The molecule has 0 fully saturated rings. The first kappa shape index (κ1) is 27.2. The summed E-state index contributed by atoms with van der Waals surface area (Å²) in [6, 6.07) is 27.7. The highest BCUT2D eigenvalue weighted by Crippen LogP contribution is 2.27. The highest BCUT2D eigenvalue weighted by atomic mass is 16.6. The summed E-state index contributed by atoms with van der Waals surface area (Å²) in [6.45, 7) is 0.219. The van der Waals surface area contributed by atoms with Crippen molar-refractivity contribution >= 4 is 16.6 Å². The van der Waals surface area contributed by atoms with E-state index in [0.29, 0.717) is 22.4 Å². The first-order chi connectivity index (χ1) is 20.0. The molecule has 10 heteroatoms. The summed E-state index contributed by atoms with van der Waals surface area (Å²) in [6.07, 6.45) is 0. The Morgan fingerprint density at radius 2 is 1.46 bits per heavy atom. The summed E-state index contributed by atoms with van der Waals surface area (Å²) in [4.78, 5) is 38.4. The smallest absolute Gasteiger partial charge is 0.332 e. The third-order valence-electron chi connectivity index (χ3n) is 6.58. The Hall–Kier alpha value is -5.38. The van der Waals surface area contributed by atoms with E-state index in [0.717, 1.165) is 15.7 Å². The van der Waals surface area contributed by atoms with Crippen molar-refractivity contribution in [1.82, 2.24) is 9.13 Å². The van der Waals surface area contributed by atoms with E-state index >= 15 is 0 Å². The van der Waals surface area contributed by atoms with Crippen LogP contribution in [0.25, 0.3) is 10.9 Å². The number of aromatic nitrogens is 2. The number of hydrogen-bond donors (Lipinski definition) is 0. The van der Waals surface area contributed by atoms with Crippen molar-refractivity contribution in [2.75, 3.05) is 13.7 Å². The van der Waals surface area contributed by atoms with Gasteiger partial charge < -0.3 is 14.2 Å². The molecule has 0 saturated heterocycles. The predicted octanol–water partition coefficient (Wildman–Crippen LogP) is 4.79. The molecule has 0 spiro atoms. The molecule has 0 bridgehead atoms. The highest BCUT2D eigenvalue weighted by molar-refractivity contribution is 5.84. The van der Waals surface area contributed by atoms with Crippen molar-refractivity contribution in [3.05, 3.63) is 139 Å². The fourth-order valence-corrected chi connectivity index (χ4v) is 4.54. The fraction of sp³-hybridized carbons (Fsp3) is 0.161. The third-order valence-corrected chi connectivity index (χ3v) is 6.58. The average Bonchev–Trinajstić information content (AvgIpc) is 3.00. The largest absolute Gasteiger partial charge is 0.497 e. The number of methoxy groups -OCH3 is 1. The molecule has 0 aliphatic rings. The van der Waals surface area contributed by atoms with E-state index in [1.54, 1.807) is 61.7 Å². The maximum absolute atomic E-state index is 13.9. The maximum atomic E-state index is 13.9. The molecule has 0 unspecified atom stereocenters. The lowest BCUT2D eigenvalue weighted by atomic mass is 10.2. The van der Waals surface area contributed by atoms with E-state index in [1.165, 1.54) is 16.7 Å². The second-order valence-corrected chi connectivity index (χ2v) is 9.17. The van der Waals surface area contributed by atoms with Gasteiger partial charge in [-0.1, -0.05) is 60.7 Å². The van der Waals surface area contributed by atoms with Crippen molar-refractivity contribution in [2.24, 2.45) is 0 Å². The Kier molecular flexibility index (Phi) is 8.10. The van der Waals surface area contributed by atoms with Crippen LogP contribution in [-0.2, 0) is 19.7 Å². The van der Waals surface area contributed by atoms with Gasteiger partial charge in [0.2, 0.25) is 0 Å². The average molecular weight is 554 g/mol. The van der Waals surface area contributed by atoms with Gasteiger partial charge in [-0.15, -0.1) is 0 Å². The van der Waals surface area contributed by atoms with Gasteiger partial charge in [0.1, 0.15) is 30.2 Å². The molecule has 0 amide bonds. The molecule has 4 aromatic carbocycles. The zero-order chi connectivity index (χ0) is 28.8. The number of nitro groups is 1. The van der Waals surface area contributed by atoms with E-state index in [4.69, 9.17) is 14.2 Å². The van der Waals surface area contributed by atoms with Crippen LogP contribution in [0.3, 0.4) is 0 Å². The summed E-state index contributed by atoms with van der Waals surface area (Å²) in [5.74, 6) is 1.11. The summed E-state index contributed by atoms with van der Waals surface area (Å²) in [5.41, 5.74) is 0.799. The summed E-state index contributed by atoms with van der Waals surface area (Å²) < 4.78 is 19.6. The minimum Gasteiger partial charge on any atom is -0.497 e. The normalized spacial score (nSPS) is 10.9. The zero-order valence-corrected chi connectivity index (χ0v) is 22.3. The van der Waals surface area contributed by atoms with Crippen LogP contribution < -0.4 is 25.5 Å². The first-order valence-electron chi connectivity index (χ1n) is 12.9. The van der Waals surface area contributed by atoms with Gasteiger partial charge in [-0.2, -0.15) is 0 Å². The van der Waals surface area contributed by atoms with Gasteiger partial charge in [0.15, 0.2) is 5.75 Å². The van der Waals surface area contributed by atoms with Crippen molar-refractivity contribution in [3.8, 4) is 17.2 Å². The van der Waals surface area contributed by atoms with Crippen LogP contribution in [0.1, 0.15) is 11.1 Å². The van der Waals surface area contributed by atoms with E-state index in [-0.39, 0.29) is 37.7 Å². The van der Waals surface area contributed by atoms with Gasteiger partial charge in [0, 0.05) is 6.07 Å². The predicted molar refractivity (Wildman–Crippen MR) is 154 cm³/mol. The number of fused-ring (bicyclic) bond motifs is 1. The lowest BCUT2D eigenvalue weighted by molar-refractivity contribution is -0.385. The zero-order valence-electron chi connectivity index (χ0n) is 22.3. The molecule has 0 saturated carbocycles. The van der Waals surface area contributed by atoms with Crippen molar-refractivity contribution in [1.29, 1.82) is 0 Å². The molecule has 208 valence electrons. The molecule has 10 nitrogen and oxygen atoms in total. The summed E-state index contributed by atoms with van der Waals surface area (Å²) in [5, 5.41) is 11.7. The van der Waals surface area contributed by atoms with Gasteiger partial charge >= 0.3 is 11.4 Å². The maximum Gasteiger partial charge on any atom is 0.332 e. The highest BCUT2D eigenvalue weighted by Gasteiger charge is 2.19. The molecular weight excluding hydrogens is 526 g/mol. The lowest BCUT2D eigenvalue weighted by Gasteiger charge is -2.18. The number of ether oxygens (including phenoxy) is 3. The molecule has 5 aromatic rings. The second-order valence-electron chi connectivity index (χ2n) is 9.17. The van der Waals surface area contributed by atoms with Gasteiger partial charge in [0.25, 0.3) is 5.56 Å². The Balaban J connectivity index is 1.55. The Bertz CT molecular complexity index is 1800. The van der Waals surface area contributed by atoms with E-state index < -0.39 is 16.2 Å². The molecular formula is C31H27N3O7. The van der Waals surface area contributed by atoms with Crippen molar-refractivity contribution < 1.29 is 19.1 Å². The standard InChI is InChI=1S/C31H27N3O7/c1-39-24-16-14-22(15-17-24)20-33-30(35)25-10-7-13-28(41-21-23-8-3-2-4-9-23)29(25)32(31(33)36)18-19-40-27-12-6-5-11-26(27)34(37)38/h2-17H,18-21H2,1H3. The summed E-state index contributed by atoms with van der Waals surface area (Å²) >= 11 is 0. The van der Waals surface area contributed by atoms with Crippen LogP contribution in [0.4, 0.5) is 5.69 Å². The number of hydrogen-bond acceptors (Lipinski definition) is 7. The SMILES string of the molecule is COc1ccc(Cn2c(=O)c3cccc(OCc4ccccc4)c3n(CCOc3ccccc3[N+](=O)[O-])c2=O)cc1. The van der Waals surface area contributed by atoms with E-state index in [9.17, 15) is 19.7 Å². The van der Waals surface area contributed by atoms with Gasteiger partial charge in [-0.05, 0) is 41.5 Å². The number of benzene rings is 4. The first-order valence-corrected chi connectivity index (χ1v) is 12.9. The Labute approximate surface area is 234 Å². The monoisotopic (exact) mass is 553 g/mol. The van der Waals surface area contributed by atoms with E-state index in [2.05, 4.69) is 0 Å². The number of nitro benzene ring substituents is 1.